The first-order chi connectivity index (χ1) is 8.88. The van der Waals surface area contributed by atoms with Crippen molar-refractivity contribution in [2.45, 2.75) is 0 Å². The number of phenols is 2. The standard InChI is InChI=1S/C12H10Cl2N2O3/c13-5-1-9(17)7(15)3-11(5)19-12-4-8(16)10(18)2-6(12)14/h1-4,17-18H,15-16H2. The van der Waals surface area contributed by atoms with Crippen LogP contribution in [0.15, 0.2) is 24.3 Å². The van der Waals surface area contributed by atoms with Crippen LogP contribution >= 0.6 is 23.2 Å². The quantitative estimate of drug-likeness (QED) is 0.503. The number of phenolic OH excluding ortho intramolecular Hbond substituents is 2. The number of ether oxygens (including phenoxy) is 1. The van der Waals surface area contributed by atoms with Gasteiger partial charge in [0.25, 0.3) is 0 Å². The maximum absolute atomic E-state index is 9.38. The lowest BCUT2D eigenvalue weighted by atomic mass is 10.2. The molecule has 2 rings (SSSR count). The Morgan fingerprint density at radius 1 is 0.789 bits per heavy atom. The average Bonchev–Trinajstić information content (AvgIpc) is 2.32. The molecule has 0 spiro atoms. The van der Waals surface area contributed by atoms with E-state index in [9.17, 15) is 10.2 Å². The molecule has 7 heteroatoms. The summed E-state index contributed by atoms with van der Waals surface area (Å²) in [6.45, 7) is 0. The zero-order valence-electron chi connectivity index (χ0n) is 9.52. The van der Waals surface area contributed by atoms with Crippen molar-refractivity contribution in [3.63, 3.8) is 0 Å². The minimum Gasteiger partial charge on any atom is -0.506 e. The van der Waals surface area contributed by atoms with Gasteiger partial charge in [-0.15, -0.1) is 0 Å². The second-order valence-corrected chi connectivity index (χ2v) is 4.60. The number of anilines is 2. The molecule has 0 aliphatic rings. The number of hydrogen-bond acceptors (Lipinski definition) is 5. The molecule has 0 unspecified atom stereocenters. The summed E-state index contributed by atoms with van der Waals surface area (Å²) >= 11 is 11.8. The number of halogens is 2. The molecule has 0 fully saturated rings. The van der Waals surface area contributed by atoms with Crippen LogP contribution in [0.2, 0.25) is 10.0 Å². The van der Waals surface area contributed by atoms with E-state index in [1.807, 2.05) is 0 Å². The van der Waals surface area contributed by atoms with Crippen LogP contribution in [0.4, 0.5) is 11.4 Å². The minimum atomic E-state index is -0.145. The number of hydrogen-bond donors (Lipinski definition) is 4. The van der Waals surface area contributed by atoms with Crippen LogP contribution in [-0.4, -0.2) is 10.2 Å². The fourth-order valence-electron chi connectivity index (χ4n) is 1.39. The third kappa shape index (κ3) is 2.72. The molecular weight excluding hydrogens is 291 g/mol. The van der Waals surface area contributed by atoms with Crippen LogP contribution in [0.5, 0.6) is 23.0 Å². The summed E-state index contributed by atoms with van der Waals surface area (Å²) in [6.07, 6.45) is 0. The van der Waals surface area contributed by atoms with E-state index in [0.717, 1.165) is 0 Å². The third-order valence-electron chi connectivity index (χ3n) is 2.38. The van der Waals surface area contributed by atoms with Crippen LogP contribution in [0.1, 0.15) is 0 Å². The molecule has 100 valence electrons. The minimum absolute atomic E-state index is 0.113. The largest absolute Gasteiger partial charge is 0.506 e. The molecule has 0 atom stereocenters. The number of aromatic hydroxyl groups is 2. The highest BCUT2D eigenvalue weighted by atomic mass is 35.5. The molecule has 2 aromatic carbocycles. The Kier molecular flexibility index (Phi) is 3.50. The summed E-state index contributed by atoms with van der Waals surface area (Å²) in [6, 6.07) is 5.22. The predicted molar refractivity (Wildman–Crippen MR) is 75.1 cm³/mol. The predicted octanol–water partition coefficient (Wildman–Crippen LogP) is 3.36. The van der Waals surface area contributed by atoms with Crippen LogP contribution in [0.25, 0.3) is 0 Å². The van der Waals surface area contributed by atoms with Gasteiger partial charge in [-0.1, -0.05) is 23.2 Å². The third-order valence-corrected chi connectivity index (χ3v) is 2.97. The van der Waals surface area contributed by atoms with Crippen molar-refractivity contribution >= 4 is 34.6 Å². The highest BCUT2D eigenvalue weighted by Crippen LogP contribution is 2.40. The van der Waals surface area contributed by atoms with E-state index in [4.69, 9.17) is 39.4 Å². The van der Waals surface area contributed by atoms with Crippen LogP contribution < -0.4 is 16.2 Å². The van der Waals surface area contributed by atoms with Crippen molar-refractivity contribution in [3.8, 4) is 23.0 Å². The summed E-state index contributed by atoms with van der Waals surface area (Å²) in [5.41, 5.74) is 11.3. The smallest absolute Gasteiger partial charge is 0.148 e. The molecule has 6 N–H and O–H groups in total. The second-order valence-electron chi connectivity index (χ2n) is 3.78. The van der Waals surface area contributed by atoms with Gasteiger partial charge in [0, 0.05) is 24.3 Å². The monoisotopic (exact) mass is 300 g/mol. The zero-order chi connectivity index (χ0) is 14.2. The molecule has 0 aliphatic heterocycles. The van der Waals surface area contributed by atoms with E-state index in [1.54, 1.807) is 0 Å². The van der Waals surface area contributed by atoms with Gasteiger partial charge in [0.05, 0.1) is 21.4 Å². The highest BCUT2D eigenvalue weighted by Gasteiger charge is 2.12. The number of rotatable bonds is 2. The van der Waals surface area contributed by atoms with Gasteiger partial charge < -0.3 is 26.4 Å². The maximum atomic E-state index is 9.38. The summed E-state index contributed by atoms with van der Waals surface area (Å²) in [7, 11) is 0. The lowest BCUT2D eigenvalue weighted by molar-refractivity contribution is 0.462. The van der Waals surface area contributed by atoms with Crippen molar-refractivity contribution in [2.24, 2.45) is 0 Å². The SMILES string of the molecule is Nc1cc(Oc2cc(N)c(O)cc2Cl)c(Cl)cc1O. The fraction of sp³-hybridized carbons (Fsp3) is 0. The Hall–Kier alpha value is -1.98. The normalized spacial score (nSPS) is 10.4. The molecule has 0 saturated carbocycles. The topological polar surface area (TPSA) is 102 Å². The van der Waals surface area contributed by atoms with Gasteiger partial charge in [-0.3, -0.25) is 0 Å². The van der Waals surface area contributed by atoms with Crippen LogP contribution in [-0.2, 0) is 0 Å². The van der Waals surface area contributed by atoms with Crippen molar-refractivity contribution in [1.82, 2.24) is 0 Å². The Morgan fingerprint density at radius 3 is 1.53 bits per heavy atom. The molecule has 0 heterocycles. The molecule has 0 amide bonds. The molecule has 0 bridgehead atoms. The van der Waals surface area contributed by atoms with E-state index in [0.29, 0.717) is 0 Å². The van der Waals surface area contributed by atoms with Crippen molar-refractivity contribution in [1.29, 1.82) is 0 Å². The number of nitrogens with two attached hydrogens (primary N) is 2. The fourth-order valence-corrected chi connectivity index (χ4v) is 1.79. The lowest BCUT2D eigenvalue weighted by Crippen LogP contribution is -1.93. The van der Waals surface area contributed by atoms with Crippen molar-refractivity contribution in [3.05, 3.63) is 34.3 Å². The van der Waals surface area contributed by atoms with E-state index in [2.05, 4.69) is 0 Å². The van der Waals surface area contributed by atoms with Crippen LogP contribution in [0, 0.1) is 0 Å². The maximum Gasteiger partial charge on any atom is 0.148 e. The number of nitrogen functional groups attached to an aromatic ring is 2. The van der Waals surface area contributed by atoms with E-state index in [-0.39, 0.29) is 44.4 Å². The summed E-state index contributed by atoms with van der Waals surface area (Å²) < 4.78 is 5.47. The molecule has 19 heavy (non-hydrogen) atoms. The first-order valence-corrected chi connectivity index (χ1v) is 5.88. The number of benzene rings is 2. The zero-order valence-corrected chi connectivity index (χ0v) is 11.0. The van der Waals surface area contributed by atoms with E-state index < -0.39 is 0 Å². The Balaban J connectivity index is 2.42. The molecule has 0 radical (unpaired) electrons. The van der Waals surface area contributed by atoms with Crippen molar-refractivity contribution < 1.29 is 14.9 Å². The Labute approximate surface area is 118 Å². The first kappa shape index (κ1) is 13.5. The first-order valence-electron chi connectivity index (χ1n) is 5.12. The highest BCUT2D eigenvalue weighted by molar-refractivity contribution is 6.33. The summed E-state index contributed by atoms with van der Waals surface area (Å²) in [5, 5.41) is 19.1. The molecule has 0 aliphatic carbocycles. The van der Waals surface area contributed by atoms with Gasteiger partial charge in [0.15, 0.2) is 0 Å². The van der Waals surface area contributed by atoms with Crippen LogP contribution in [0.3, 0.4) is 0 Å². The second kappa shape index (κ2) is 4.95. The van der Waals surface area contributed by atoms with Gasteiger partial charge in [-0.05, 0) is 0 Å². The van der Waals surface area contributed by atoms with Gasteiger partial charge in [-0.2, -0.15) is 0 Å². The van der Waals surface area contributed by atoms with Gasteiger partial charge in [0.2, 0.25) is 0 Å². The molecule has 5 nitrogen and oxygen atoms in total. The molecular formula is C12H10Cl2N2O3. The van der Waals surface area contributed by atoms with Crippen molar-refractivity contribution in [2.75, 3.05) is 11.5 Å². The molecule has 0 aromatic heterocycles. The van der Waals surface area contributed by atoms with Gasteiger partial charge >= 0.3 is 0 Å². The Bertz CT molecular complexity index is 592. The average molecular weight is 301 g/mol. The van der Waals surface area contributed by atoms with E-state index in [1.165, 1.54) is 24.3 Å². The van der Waals surface area contributed by atoms with Gasteiger partial charge in [-0.25, -0.2) is 0 Å². The van der Waals surface area contributed by atoms with Gasteiger partial charge in [0.1, 0.15) is 23.0 Å². The molecule has 0 saturated heterocycles. The summed E-state index contributed by atoms with van der Waals surface area (Å²) in [5.74, 6) is 0.134. The lowest BCUT2D eigenvalue weighted by Gasteiger charge is -2.12. The molecule has 2 aromatic rings. The summed E-state index contributed by atoms with van der Waals surface area (Å²) in [4.78, 5) is 0. The Morgan fingerprint density at radius 2 is 1.16 bits per heavy atom. The van der Waals surface area contributed by atoms with E-state index >= 15 is 0 Å².